The molecule has 1 aliphatic carbocycles. The van der Waals surface area contributed by atoms with Gasteiger partial charge in [-0.3, -0.25) is 0 Å². The van der Waals surface area contributed by atoms with Gasteiger partial charge >= 0.3 is 0 Å². The molecule has 0 unspecified atom stereocenters. The van der Waals surface area contributed by atoms with Crippen LogP contribution in [0.3, 0.4) is 0 Å². The maximum Gasteiger partial charge on any atom is 0.164 e. The summed E-state index contributed by atoms with van der Waals surface area (Å²) >= 11 is 0. The first-order chi connectivity index (χ1) is 22.3. The molecule has 0 fully saturated rings. The van der Waals surface area contributed by atoms with Crippen LogP contribution >= 0.6 is 0 Å². The fourth-order valence-electron chi connectivity index (χ4n) is 6.59. The first-order valence-electron chi connectivity index (χ1n) is 15.4. The minimum atomic E-state index is 0.636. The zero-order valence-corrected chi connectivity index (χ0v) is 24.4. The maximum atomic E-state index is 6.54. The Morgan fingerprint density at radius 3 is 2.13 bits per heavy atom. The van der Waals surface area contributed by atoms with Crippen LogP contribution < -0.4 is 0 Å². The quantitative estimate of drug-likeness (QED) is 0.195. The summed E-state index contributed by atoms with van der Waals surface area (Å²) in [5.41, 5.74) is 6.87. The molecule has 0 saturated carbocycles. The topological polar surface area (TPSA) is 51.8 Å². The molecule has 0 radical (unpaired) electrons. The molecule has 0 saturated heterocycles. The van der Waals surface area contributed by atoms with Gasteiger partial charge in [0.2, 0.25) is 0 Å². The van der Waals surface area contributed by atoms with Crippen LogP contribution in [0.15, 0.2) is 144 Å². The summed E-state index contributed by atoms with van der Waals surface area (Å²) in [6, 6.07) is 42.3. The molecular weight excluding hydrogens is 550 g/mol. The highest BCUT2D eigenvalue weighted by Gasteiger charge is 2.19. The third-order valence-electron chi connectivity index (χ3n) is 8.74. The molecule has 2 heterocycles. The van der Waals surface area contributed by atoms with Crippen LogP contribution in [-0.4, -0.2) is 15.0 Å². The Hall–Kier alpha value is -5.87. The van der Waals surface area contributed by atoms with Crippen molar-refractivity contribution in [3.63, 3.8) is 0 Å². The highest BCUT2D eigenvalue weighted by atomic mass is 16.3. The van der Waals surface area contributed by atoms with Gasteiger partial charge in [-0.25, -0.2) is 15.0 Å². The summed E-state index contributed by atoms with van der Waals surface area (Å²) in [5.74, 6) is 1.98. The summed E-state index contributed by atoms with van der Waals surface area (Å²) < 4.78 is 6.54. The van der Waals surface area contributed by atoms with Crippen LogP contribution in [0.1, 0.15) is 18.7 Å². The van der Waals surface area contributed by atoms with Gasteiger partial charge in [-0.15, -0.1) is 0 Å². The summed E-state index contributed by atoms with van der Waals surface area (Å²) in [7, 11) is 0. The van der Waals surface area contributed by atoms with Gasteiger partial charge in [0.15, 0.2) is 17.5 Å². The molecule has 9 rings (SSSR count). The van der Waals surface area contributed by atoms with Crippen molar-refractivity contribution in [2.24, 2.45) is 0 Å². The van der Waals surface area contributed by atoms with E-state index in [0.29, 0.717) is 17.5 Å². The van der Waals surface area contributed by atoms with E-state index < -0.39 is 0 Å². The molecule has 45 heavy (non-hydrogen) atoms. The van der Waals surface area contributed by atoms with Crippen LogP contribution in [0.2, 0.25) is 0 Å². The molecule has 1 aliphatic rings. The Balaban J connectivity index is 1.24. The SMILES string of the molecule is C1=CC(c2nc(-c3ccccc3)nc(-c3cccc4oc5cc(-c6cc7ccccc7c7ccccc67)ccc5c34)n2)=CCC1. The number of furan rings is 1. The van der Waals surface area contributed by atoms with Crippen molar-refractivity contribution in [3.05, 3.63) is 145 Å². The molecule has 0 spiro atoms. The Kier molecular flexibility index (Phi) is 5.91. The lowest BCUT2D eigenvalue weighted by Crippen LogP contribution is -2.03. The maximum absolute atomic E-state index is 6.54. The van der Waals surface area contributed by atoms with E-state index in [1.165, 1.54) is 27.1 Å². The van der Waals surface area contributed by atoms with Crippen LogP contribution in [0.5, 0.6) is 0 Å². The zero-order chi connectivity index (χ0) is 29.7. The number of allylic oxidation sites excluding steroid dienone is 4. The van der Waals surface area contributed by atoms with Crippen LogP contribution in [0, 0.1) is 0 Å². The minimum absolute atomic E-state index is 0.636. The second-order valence-electron chi connectivity index (χ2n) is 11.5. The van der Waals surface area contributed by atoms with E-state index in [0.717, 1.165) is 57.0 Å². The smallest absolute Gasteiger partial charge is 0.164 e. The lowest BCUT2D eigenvalue weighted by Gasteiger charge is -2.11. The molecular formula is C41H27N3O. The fraction of sp³-hybridized carbons (Fsp3) is 0.0488. The first-order valence-corrected chi connectivity index (χ1v) is 15.4. The molecule has 0 aliphatic heterocycles. The number of aromatic nitrogens is 3. The van der Waals surface area contributed by atoms with Crippen molar-refractivity contribution in [1.82, 2.24) is 15.0 Å². The summed E-state index contributed by atoms with van der Waals surface area (Å²) in [6.45, 7) is 0. The number of benzene rings is 6. The van der Waals surface area contributed by atoms with Gasteiger partial charge in [0.25, 0.3) is 0 Å². The molecule has 4 nitrogen and oxygen atoms in total. The van der Waals surface area contributed by atoms with E-state index in [1.807, 2.05) is 42.5 Å². The van der Waals surface area contributed by atoms with Gasteiger partial charge in [-0.2, -0.15) is 0 Å². The molecule has 4 heteroatoms. The molecule has 212 valence electrons. The van der Waals surface area contributed by atoms with E-state index >= 15 is 0 Å². The predicted molar refractivity (Wildman–Crippen MR) is 185 cm³/mol. The third kappa shape index (κ3) is 4.34. The highest BCUT2D eigenvalue weighted by Crippen LogP contribution is 2.40. The lowest BCUT2D eigenvalue weighted by molar-refractivity contribution is 0.669. The highest BCUT2D eigenvalue weighted by molar-refractivity contribution is 6.16. The Labute approximate surface area is 260 Å². The second kappa shape index (κ2) is 10.4. The molecule has 0 N–H and O–H groups in total. The van der Waals surface area contributed by atoms with Crippen molar-refractivity contribution in [1.29, 1.82) is 0 Å². The van der Waals surface area contributed by atoms with Crippen LogP contribution in [-0.2, 0) is 0 Å². The first kappa shape index (κ1) is 25.6. The standard InChI is InChI=1S/C41H27N3O/c1-3-12-26(13-4-1)39-42-40(27-14-5-2-6-15-27)44-41(43-39)34-20-11-21-36-38(34)33-23-22-29(25-37(33)45-36)35-24-28-16-7-8-17-30(28)31-18-9-10-19-32(31)35/h1,3-5,7-25H,2,6H2. The number of hydrogen-bond acceptors (Lipinski definition) is 4. The third-order valence-corrected chi connectivity index (χ3v) is 8.74. The van der Waals surface area contributed by atoms with Gasteiger partial charge in [0.05, 0.1) is 0 Å². The van der Waals surface area contributed by atoms with Crippen LogP contribution in [0.4, 0.5) is 0 Å². The summed E-state index contributed by atoms with van der Waals surface area (Å²) in [4.78, 5) is 15.0. The van der Waals surface area contributed by atoms with Gasteiger partial charge in [0.1, 0.15) is 11.2 Å². The minimum Gasteiger partial charge on any atom is -0.456 e. The molecule has 2 aromatic heterocycles. The van der Waals surface area contributed by atoms with E-state index in [4.69, 9.17) is 19.4 Å². The number of hydrogen-bond donors (Lipinski definition) is 0. The zero-order valence-electron chi connectivity index (χ0n) is 24.4. The summed E-state index contributed by atoms with van der Waals surface area (Å²) in [6.07, 6.45) is 8.51. The monoisotopic (exact) mass is 577 g/mol. The number of fused-ring (bicyclic) bond motifs is 6. The molecule has 0 bridgehead atoms. The van der Waals surface area contributed by atoms with Gasteiger partial charge in [-0.05, 0) is 69.8 Å². The van der Waals surface area contributed by atoms with E-state index in [1.54, 1.807) is 0 Å². The largest absolute Gasteiger partial charge is 0.456 e. The number of rotatable bonds is 4. The van der Waals surface area contributed by atoms with E-state index in [2.05, 4.69) is 97.1 Å². The Morgan fingerprint density at radius 2 is 1.27 bits per heavy atom. The average Bonchev–Trinajstić information content (AvgIpc) is 3.50. The average molecular weight is 578 g/mol. The van der Waals surface area contributed by atoms with Crippen molar-refractivity contribution in [2.45, 2.75) is 12.8 Å². The normalized spacial score (nSPS) is 13.2. The van der Waals surface area contributed by atoms with Crippen molar-refractivity contribution in [3.8, 4) is 33.9 Å². The molecule has 8 aromatic rings. The predicted octanol–water partition coefficient (Wildman–Crippen LogP) is 10.8. The van der Waals surface area contributed by atoms with Gasteiger partial charge in [0, 0.05) is 27.5 Å². The second-order valence-corrected chi connectivity index (χ2v) is 11.5. The van der Waals surface area contributed by atoms with Gasteiger partial charge < -0.3 is 4.42 Å². The molecule has 0 atom stereocenters. The van der Waals surface area contributed by atoms with E-state index in [-0.39, 0.29) is 0 Å². The van der Waals surface area contributed by atoms with Crippen molar-refractivity contribution < 1.29 is 4.42 Å². The number of nitrogens with zero attached hydrogens (tertiary/aromatic N) is 3. The summed E-state index contributed by atoms with van der Waals surface area (Å²) in [5, 5.41) is 7.00. The fourth-order valence-corrected chi connectivity index (χ4v) is 6.59. The van der Waals surface area contributed by atoms with Crippen LogP contribution in [0.25, 0.3) is 83.0 Å². The van der Waals surface area contributed by atoms with Crippen molar-refractivity contribution in [2.75, 3.05) is 0 Å². The lowest BCUT2D eigenvalue weighted by atomic mass is 9.93. The Bertz CT molecular complexity index is 2490. The molecule has 6 aromatic carbocycles. The van der Waals surface area contributed by atoms with Gasteiger partial charge in [-0.1, -0.05) is 115 Å². The molecule has 0 amide bonds. The van der Waals surface area contributed by atoms with Crippen molar-refractivity contribution >= 4 is 49.1 Å². The van der Waals surface area contributed by atoms with E-state index in [9.17, 15) is 0 Å². The Morgan fingerprint density at radius 1 is 0.489 bits per heavy atom.